The van der Waals surface area contributed by atoms with Gasteiger partial charge in [0.2, 0.25) is 10.0 Å². The van der Waals surface area contributed by atoms with E-state index in [1.807, 2.05) is 0 Å². The zero-order chi connectivity index (χ0) is 17.8. The molecule has 0 bridgehead atoms. The molecule has 9 heteroatoms. The molecule has 1 N–H and O–H groups in total. The highest BCUT2D eigenvalue weighted by molar-refractivity contribution is 7.89. The topological polar surface area (TPSA) is 55.4 Å². The number of hydrogen-bond acceptors (Lipinski definition) is 3. The molecule has 0 aliphatic rings. The molecule has 0 heterocycles. The summed E-state index contributed by atoms with van der Waals surface area (Å²) in [7, 11) is -4.19. The van der Waals surface area contributed by atoms with Crippen LogP contribution in [0.3, 0.4) is 0 Å². The molecule has 0 aliphatic heterocycles. The van der Waals surface area contributed by atoms with Crippen LogP contribution in [0.25, 0.3) is 0 Å². The summed E-state index contributed by atoms with van der Waals surface area (Å²) >= 11 is 5.72. The Hall–Kier alpha value is -1.77. The molecular weight excluding hydrogens is 367 g/mol. The minimum absolute atomic E-state index is 0.0137. The molecule has 0 aromatic heterocycles. The van der Waals surface area contributed by atoms with Crippen molar-refractivity contribution in [2.75, 3.05) is 13.2 Å². The van der Waals surface area contributed by atoms with E-state index in [9.17, 15) is 21.6 Å². The highest BCUT2D eigenvalue weighted by Crippen LogP contribution is 2.33. The summed E-state index contributed by atoms with van der Waals surface area (Å²) < 4.78 is 69.8. The fraction of sp³-hybridized carbons (Fsp3) is 0.200. The molecule has 4 nitrogen and oxygen atoms in total. The summed E-state index contributed by atoms with van der Waals surface area (Å²) in [4.78, 5) is -0.626. The van der Waals surface area contributed by atoms with Gasteiger partial charge in [-0.05, 0) is 30.3 Å². The minimum atomic E-state index is -4.66. The molecule has 130 valence electrons. The lowest BCUT2D eigenvalue weighted by molar-refractivity contribution is -0.137. The summed E-state index contributed by atoms with van der Waals surface area (Å²) in [6.45, 7) is -0.108. The predicted molar refractivity (Wildman–Crippen MR) is 83.6 cm³/mol. The van der Waals surface area contributed by atoms with Gasteiger partial charge < -0.3 is 4.74 Å². The summed E-state index contributed by atoms with van der Waals surface area (Å²) in [6.07, 6.45) is -4.66. The van der Waals surface area contributed by atoms with Crippen LogP contribution in [0.5, 0.6) is 5.75 Å². The molecule has 0 saturated heterocycles. The van der Waals surface area contributed by atoms with Crippen molar-refractivity contribution in [1.29, 1.82) is 0 Å². The fourth-order valence-corrected chi connectivity index (χ4v) is 3.36. The third-order valence-corrected chi connectivity index (χ3v) is 4.90. The Morgan fingerprint density at radius 2 is 1.75 bits per heavy atom. The zero-order valence-electron chi connectivity index (χ0n) is 12.2. The molecule has 0 spiro atoms. The van der Waals surface area contributed by atoms with Crippen LogP contribution in [0.2, 0.25) is 5.02 Å². The molecular formula is C15H13ClF3NO3S. The first-order chi connectivity index (χ1) is 11.2. The van der Waals surface area contributed by atoms with Crippen molar-refractivity contribution in [2.45, 2.75) is 11.1 Å². The average molecular weight is 380 g/mol. The van der Waals surface area contributed by atoms with Crippen molar-refractivity contribution in [2.24, 2.45) is 0 Å². The Labute approximate surface area is 142 Å². The normalized spacial score (nSPS) is 12.2. The van der Waals surface area contributed by atoms with Gasteiger partial charge >= 0.3 is 6.18 Å². The van der Waals surface area contributed by atoms with E-state index in [0.29, 0.717) is 11.8 Å². The largest absolute Gasteiger partial charge is 0.492 e. The number of nitrogens with one attached hydrogen (secondary N) is 1. The van der Waals surface area contributed by atoms with Crippen LogP contribution >= 0.6 is 11.6 Å². The van der Waals surface area contributed by atoms with E-state index in [-0.39, 0.29) is 18.2 Å². The Morgan fingerprint density at radius 3 is 2.38 bits per heavy atom. The first kappa shape index (κ1) is 18.6. The van der Waals surface area contributed by atoms with Crippen LogP contribution < -0.4 is 9.46 Å². The summed E-state index contributed by atoms with van der Waals surface area (Å²) in [6, 6.07) is 10.8. The maximum absolute atomic E-state index is 12.7. The third kappa shape index (κ3) is 4.86. The Balaban J connectivity index is 2.05. The molecule has 0 saturated carbocycles. The lowest BCUT2D eigenvalue weighted by atomic mass is 10.2. The van der Waals surface area contributed by atoms with E-state index >= 15 is 0 Å². The van der Waals surface area contributed by atoms with E-state index < -0.39 is 26.7 Å². The number of benzene rings is 2. The Kier molecular flexibility index (Phi) is 5.74. The second-order valence-corrected chi connectivity index (χ2v) is 6.84. The summed E-state index contributed by atoms with van der Waals surface area (Å²) in [5.74, 6) is 0.550. The lowest BCUT2D eigenvalue weighted by Crippen LogP contribution is -2.28. The van der Waals surface area contributed by atoms with E-state index in [2.05, 4.69) is 4.72 Å². The van der Waals surface area contributed by atoms with Crippen LogP contribution in [0.4, 0.5) is 13.2 Å². The van der Waals surface area contributed by atoms with E-state index in [0.717, 1.165) is 12.1 Å². The third-order valence-electron chi connectivity index (χ3n) is 2.95. The smallest absolute Gasteiger partial charge is 0.416 e. The SMILES string of the molecule is O=S(=O)(NCCOc1ccccc1)c1cc(C(F)(F)F)ccc1Cl. The standard InChI is InChI=1S/C15H13ClF3NO3S/c16-13-7-6-11(15(17,18)19)10-14(13)24(21,22)20-8-9-23-12-4-2-1-3-5-12/h1-7,10,20H,8-9H2. The van der Waals surface area contributed by atoms with Gasteiger partial charge in [0.25, 0.3) is 0 Å². The lowest BCUT2D eigenvalue weighted by Gasteiger charge is -2.12. The zero-order valence-corrected chi connectivity index (χ0v) is 13.8. The van der Waals surface area contributed by atoms with Crippen molar-refractivity contribution < 1.29 is 26.3 Å². The van der Waals surface area contributed by atoms with E-state index in [1.165, 1.54) is 0 Å². The number of rotatable bonds is 6. The maximum Gasteiger partial charge on any atom is 0.416 e. The Morgan fingerprint density at radius 1 is 1.08 bits per heavy atom. The van der Waals surface area contributed by atoms with E-state index in [1.54, 1.807) is 30.3 Å². The van der Waals surface area contributed by atoms with Crippen molar-refractivity contribution in [3.8, 4) is 5.75 Å². The molecule has 0 atom stereocenters. The summed E-state index contributed by atoms with van der Waals surface area (Å²) in [5.41, 5.74) is -1.09. The van der Waals surface area contributed by atoms with Gasteiger partial charge in [-0.15, -0.1) is 0 Å². The fourth-order valence-electron chi connectivity index (χ4n) is 1.83. The van der Waals surface area contributed by atoms with E-state index in [4.69, 9.17) is 16.3 Å². The molecule has 0 fully saturated rings. The maximum atomic E-state index is 12.7. The second-order valence-electron chi connectivity index (χ2n) is 4.70. The molecule has 0 amide bonds. The van der Waals surface area contributed by atoms with Gasteiger partial charge in [-0.1, -0.05) is 29.8 Å². The number of hydrogen-bond donors (Lipinski definition) is 1. The average Bonchev–Trinajstić information content (AvgIpc) is 2.52. The number of ether oxygens (including phenoxy) is 1. The van der Waals surface area contributed by atoms with Gasteiger partial charge in [0, 0.05) is 6.54 Å². The number of sulfonamides is 1. The minimum Gasteiger partial charge on any atom is -0.492 e. The number of para-hydroxylation sites is 1. The van der Waals surface area contributed by atoms with Crippen LogP contribution in [-0.2, 0) is 16.2 Å². The van der Waals surface area contributed by atoms with Gasteiger partial charge in [0.15, 0.2) is 0 Å². The van der Waals surface area contributed by atoms with Crippen LogP contribution in [-0.4, -0.2) is 21.6 Å². The second kappa shape index (κ2) is 7.42. The van der Waals surface area contributed by atoms with Gasteiger partial charge in [-0.25, -0.2) is 13.1 Å². The van der Waals surface area contributed by atoms with Crippen molar-refractivity contribution in [1.82, 2.24) is 4.72 Å². The van der Waals surface area contributed by atoms with Crippen molar-refractivity contribution in [3.05, 3.63) is 59.1 Å². The highest BCUT2D eigenvalue weighted by Gasteiger charge is 2.32. The van der Waals surface area contributed by atoms with Crippen molar-refractivity contribution >= 4 is 21.6 Å². The van der Waals surface area contributed by atoms with Gasteiger partial charge in [-0.3, -0.25) is 0 Å². The van der Waals surface area contributed by atoms with Crippen LogP contribution in [0.15, 0.2) is 53.4 Å². The van der Waals surface area contributed by atoms with Crippen LogP contribution in [0.1, 0.15) is 5.56 Å². The highest BCUT2D eigenvalue weighted by atomic mass is 35.5. The van der Waals surface area contributed by atoms with Crippen molar-refractivity contribution in [3.63, 3.8) is 0 Å². The monoisotopic (exact) mass is 379 g/mol. The molecule has 0 aliphatic carbocycles. The van der Waals surface area contributed by atoms with Crippen LogP contribution in [0, 0.1) is 0 Å². The molecule has 0 unspecified atom stereocenters. The Bertz CT molecular complexity index is 795. The van der Waals surface area contributed by atoms with Gasteiger partial charge in [-0.2, -0.15) is 13.2 Å². The van der Waals surface area contributed by atoms with Gasteiger partial charge in [0.05, 0.1) is 10.6 Å². The van der Waals surface area contributed by atoms with Gasteiger partial charge in [0.1, 0.15) is 17.3 Å². The molecule has 2 aromatic rings. The molecule has 2 aromatic carbocycles. The first-order valence-corrected chi connectivity index (χ1v) is 8.60. The molecule has 0 radical (unpaired) electrons. The number of alkyl halides is 3. The predicted octanol–water partition coefficient (Wildman–Crippen LogP) is 3.72. The first-order valence-electron chi connectivity index (χ1n) is 6.74. The molecule has 2 rings (SSSR count). The quantitative estimate of drug-likeness (QED) is 0.778. The number of halogens is 4. The summed E-state index contributed by atoms with van der Waals surface area (Å²) in [5, 5.41) is -0.292. The molecule has 24 heavy (non-hydrogen) atoms.